The highest BCUT2D eigenvalue weighted by molar-refractivity contribution is 5.25. The SMILES string of the molecule is Cc1ccc(F)c(CC(C)(N)C(F)F)c1. The maximum atomic E-state index is 13.3. The smallest absolute Gasteiger partial charge is 0.256 e. The summed E-state index contributed by atoms with van der Waals surface area (Å²) < 4.78 is 38.2. The quantitative estimate of drug-likeness (QED) is 0.827. The van der Waals surface area contributed by atoms with Crippen molar-refractivity contribution < 1.29 is 13.2 Å². The van der Waals surface area contributed by atoms with Crippen LogP contribution in [0.4, 0.5) is 13.2 Å². The van der Waals surface area contributed by atoms with E-state index in [1.165, 1.54) is 13.0 Å². The van der Waals surface area contributed by atoms with Crippen molar-refractivity contribution in [2.45, 2.75) is 32.2 Å². The van der Waals surface area contributed by atoms with Crippen LogP contribution in [0.3, 0.4) is 0 Å². The van der Waals surface area contributed by atoms with Crippen LogP contribution in [0, 0.1) is 12.7 Å². The lowest BCUT2D eigenvalue weighted by Gasteiger charge is -2.23. The molecule has 1 nitrogen and oxygen atoms in total. The molecule has 1 atom stereocenters. The molecule has 0 heterocycles. The average molecular weight is 217 g/mol. The van der Waals surface area contributed by atoms with Crippen LogP contribution in [0.5, 0.6) is 0 Å². The first-order valence-corrected chi connectivity index (χ1v) is 4.65. The van der Waals surface area contributed by atoms with E-state index in [1.807, 2.05) is 0 Å². The minimum absolute atomic E-state index is 0.168. The number of hydrogen-bond acceptors (Lipinski definition) is 1. The predicted molar refractivity (Wildman–Crippen MR) is 53.4 cm³/mol. The predicted octanol–water partition coefficient (Wildman–Crippen LogP) is 2.66. The fourth-order valence-corrected chi connectivity index (χ4v) is 1.33. The van der Waals surface area contributed by atoms with Crippen molar-refractivity contribution in [3.05, 3.63) is 35.1 Å². The Hall–Kier alpha value is -1.03. The van der Waals surface area contributed by atoms with Gasteiger partial charge in [-0.05, 0) is 31.9 Å². The van der Waals surface area contributed by atoms with Crippen molar-refractivity contribution in [1.82, 2.24) is 0 Å². The van der Waals surface area contributed by atoms with E-state index >= 15 is 0 Å². The van der Waals surface area contributed by atoms with E-state index in [0.29, 0.717) is 0 Å². The number of rotatable bonds is 3. The maximum absolute atomic E-state index is 13.3. The van der Waals surface area contributed by atoms with Crippen molar-refractivity contribution in [2.24, 2.45) is 5.73 Å². The summed E-state index contributed by atoms with van der Waals surface area (Å²) in [6, 6.07) is 4.41. The minimum Gasteiger partial charge on any atom is -0.320 e. The second-order valence-electron chi connectivity index (χ2n) is 4.08. The molecule has 0 aromatic heterocycles. The van der Waals surface area contributed by atoms with Crippen molar-refractivity contribution in [3.8, 4) is 0 Å². The van der Waals surface area contributed by atoms with Crippen LogP contribution in [-0.4, -0.2) is 12.0 Å². The topological polar surface area (TPSA) is 26.0 Å². The zero-order valence-corrected chi connectivity index (χ0v) is 8.73. The van der Waals surface area contributed by atoms with Gasteiger partial charge in [-0.3, -0.25) is 0 Å². The van der Waals surface area contributed by atoms with Crippen LogP contribution in [0.25, 0.3) is 0 Å². The Bertz CT molecular complexity index is 348. The Morgan fingerprint density at radius 1 is 1.40 bits per heavy atom. The third kappa shape index (κ3) is 2.96. The highest BCUT2D eigenvalue weighted by atomic mass is 19.3. The van der Waals surface area contributed by atoms with Gasteiger partial charge in [0.15, 0.2) is 0 Å². The molecule has 1 unspecified atom stereocenters. The van der Waals surface area contributed by atoms with Gasteiger partial charge in [-0.2, -0.15) is 0 Å². The second kappa shape index (κ2) is 4.23. The molecule has 0 aliphatic rings. The third-order valence-corrected chi connectivity index (χ3v) is 2.27. The van der Waals surface area contributed by atoms with Crippen molar-refractivity contribution in [3.63, 3.8) is 0 Å². The van der Waals surface area contributed by atoms with Crippen LogP contribution in [-0.2, 0) is 6.42 Å². The number of halogens is 3. The van der Waals surface area contributed by atoms with Crippen LogP contribution in [0.1, 0.15) is 18.1 Å². The molecular formula is C11H14F3N. The molecule has 1 rings (SSSR count). The highest BCUT2D eigenvalue weighted by Crippen LogP contribution is 2.20. The molecule has 0 aliphatic heterocycles. The number of alkyl halides is 2. The van der Waals surface area contributed by atoms with Crippen LogP contribution >= 0.6 is 0 Å². The summed E-state index contributed by atoms with van der Waals surface area (Å²) in [6.45, 7) is 3.00. The summed E-state index contributed by atoms with van der Waals surface area (Å²) in [5.41, 5.74) is 4.77. The van der Waals surface area contributed by atoms with E-state index in [-0.39, 0.29) is 12.0 Å². The van der Waals surface area contributed by atoms with Gasteiger partial charge in [0, 0.05) is 0 Å². The molecule has 0 saturated carbocycles. The van der Waals surface area contributed by atoms with E-state index in [4.69, 9.17) is 5.73 Å². The van der Waals surface area contributed by atoms with Gasteiger partial charge in [0.1, 0.15) is 5.82 Å². The lowest BCUT2D eigenvalue weighted by molar-refractivity contribution is 0.0635. The number of aryl methyl sites for hydroxylation is 1. The Labute approximate surface area is 87.1 Å². The number of nitrogens with two attached hydrogens (primary N) is 1. The van der Waals surface area contributed by atoms with E-state index in [0.717, 1.165) is 5.56 Å². The third-order valence-electron chi connectivity index (χ3n) is 2.27. The van der Waals surface area contributed by atoms with E-state index < -0.39 is 17.8 Å². The van der Waals surface area contributed by atoms with E-state index in [2.05, 4.69) is 0 Å². The van der Waals surface area contributed by atoms with Gasteiger partial charge in [-0.1, -0.05) is 17.7 Å². The molecule has 2 N–H and O–H groups in total. The van der Waals surface area contributed by atoms with Crippen molar-refractivity contribution in [1.29, 1.82) is 0 Å². The standard InChI is InChI=1S/C11H14F3N/c1-7-3-4-9(12)8(5-7)6-11(2,15)10(13)14/h3-5,10H,6,15H2,1-2H3. The highest BCUT2D eigenvalue weighted by Gasteiger charge is 2.31. The Balaban J connectivity index is 2.94. The second-order valence-corrected chi connectivity index (χ2v) is 4.08. The molecule has 0 saturated heterocycles. The molecule has 0 fully saturated rings. The zero-order valence-electron chi connectivity index (χ0n) is 8.73. The minimum atomic E-state index is -2.67. The molecule has 0 amide bonds. The van der Waals surface area contributed by atoms with Gasteiger partial charge < -0.3 is 5.73 Å². The van der Waals surface area contributed by atoms with Crippen LogP contribution in [0.15, 0.2) is 18.2 Å². The Morgan fingerprint density at radius 3 is 2.53 bits per heavy atom. The zero-order chi connectivity index (χ0) is 11.6. The number of hydrogen-bond donors (Lipinski definition) is 1. The van der Waals surface area contributed by atoms with E-state index in [1.54, 1.807) is 19.1 Å². The summed E-state index contributed by atoms with van der Waals surface area (Å²) in [4.78, 5) is 0. The first-order valence-electron chi connectivity index (χ1n) is 4.65. The van der Waals surface area contributed by atoms with Gasteiger partial charge >= 0.3 is 0 Å². The molecule has 0 spiro atoms. The molecule has 15 heavy (non-hydrogen) atoms. The van der Waals surface area contributed by atoms with Crippen LogP contribution < -0.4 is 5.73 Å². The summed E-state index contributed by atoms with van der Waals surface area (Å²) in [5, 5.41) is 0. The van der Waals surface area contributed by atoms with Gasteiger partial charge in [0.25, 0.3) is 6.43 Å². The molecule has 1 aromatic carbocycles. The van der Waals surface area contributed by atoms with Gasteiger partial charge in [0.2, 0.25) is 0 Å². The monoisotopic (exact) mass is 217 g/mol. The largest absolute Gasteiger partial charge is 0.320 e. The fourth-order valence-electron chi connectivity index (χ4n) is 1.33. The molecule has 0 bridgehead atoms. The lowest BCUT2D eigenvalue weighted by atomic mass is 9.93. The molecule has 1 aromatic rings. The number of benzene rings is 1. The molecule has 4 heteroatoms. The molecule has 84 valence electrons. The van der Waals surface area contributed by atoms with Crippen molar-refractivity contribution in [2.75, 3.05) is 0 Å². The Kier molecular flexibility index (Phi) is 3.39. The van der Waals surface area contributed by atoms with Gasteiger partial charge in [0.05, 0.1) is 5.54 Å². The van der Waals surface area contributed by atoms with Crippen molar-refractivity contribution >= 4 is 0 Å². The molecule has 0 aliphatic carbocycles. The first kappa shape index (κ1) is 12.0. The summed E-state index contributed by atoms with van der Waals surface area (Å²) in [5.74, 6) is -0.488. The molecule has 0 radical (unpaired) electrons. The maximum Gasteiger partial charge on any atom is 0.256 e. The lowest BCUT2D eigenvalue weighted by Crippen LogP contribution is -2.46. The first-order chi connectivity index (χ1) is 6.83. The summed E-state index contributed by atoms with van der Waals surface area (Å²) in [7, 11) is 0. The summed E-state index contributed by atoms with van der Waals surface area (Å²) in [6.07, 6.45) is -2.84. The summed E-state index contributed by atoms with van der Waals surface area (Å²) >= 11 is 0. The normalized spacial score (nSPS) is 15.4. The average Bonchev–Trinajstić information content (AvgIpc) is 2.10. The van der Waals surface area contributed by atoms with Gasteiger partial charge in [-0.15, -0.1) is 0 Å². The van der Waals surface area contributed by atoms with Gasteiger partial charge in [-0.25, -0.2) is 13.2 Å². The van der Waals surface area contributed by atoms with Crippen LogP contribution in [0.2, 0.25) is 0 Å². The fraction of sp³-hybridized carbons (Fsp3) is 0.455. The Morgan fingerprint density at radius 2 is 2.00 bits per heavy atom. The van der Waals surface area contributed by atoms with E-state index in [9.17, 15) is 13.2 Å². The molecular weight excluding hydrogens is 203 g/mol.